The van der Waals surface area contributed by atoms with E-state index in [9.17, 15) is 0 Å². The van der Waals surface area contributed by atoms with Crippen molar-refractivity contribution in [2.75, 3.05) is 0 Å². The molecular weight excluding hydrogens is 387 g/mol. The highest BCUT2D eigenvalue weighted by Gasteiger charge is 2.14. The molecule has 26 heavy (non-hydrogen) atoms. The van der Waals surface area contributed by atoms with Crippen molar-refractivity contribution in [3.05, 3.63) is 68.4 Å². The Morgan fingerprint density at radius 1 is 1.08 bits per heavy atom. The lowest BCUT2D eigenvalue weighted by Gasteiger charge is -2.18. The molecule has 0 bridgehead atoms. The number of aromatic nitrogens is 3. The average Bonchev–Trinajstić information content (AvgIpc) is 2.96. The van der Waals surface area contributed by atoms with Crippen molar-refractivity contribution >= 4 is 41.6 Å². The largest absolute Gasteiger partial charge is 0.250 e. The maximum Gasteiger partial charge on any atom is 0.216 e. The quantitative estimate of drug-likeness (QED) is 0.423. The second-order valence-corrected chi connectivity index (χ2v) is 8.11. The highest BCUT2D eigenvalue weighted by Crippen LogP contribution is 2.26. The maximum atomic E-state index is 6.04. The first-order valence-electron chi connectivity index (χ1n) is 8.03. The van der Waals surface area contributed by atoms with E-state index in [1.807, 2.05) is 18.2 Å². The van der Waals surface area contributed by atoms with E-state index in [-0.39, 0.29) is 5.41 Å². The molecule has 0 saturated heterocycles. The lowest BCUT2D eigenvalue weighted by molar-refractivity contribution is 0.590. The first kappa shape index (κ1) is 18.8. The van der Waals surface area contributed by atoms with E-state index in [0.29, 0.717) is 20.6 Å². The predicted octanol–water partition coefficient (Wildman–Crippen LogP) is 6.09. The highest BCUT2D eigenvalue weighted by molar-refractivity contribution is 7.71. The number of nitrogens with one attached hydrogen (secondary N) is 1. The molecule has 1 N–H and O–H groups in total. The molecule has 0 saturated carbocycles. The minimum atomic E-state index is 0.0925. The molecule has 0 fully saturated rings. The van der Waals surface area contributed by atoms with Crippen LogP contribution >= 0.6 is 35.4 Å². The van der Waals surface area contributed by atoms with Gasteiger partial charge in [0, 0.05) is 5.56 Å². The molecule has 3 aromatic rings. The van der Waals surface area contributed by atoms with Gasteiger partial charge >= 0.3 is 0 Å². The van der Waals surface area contributed by atoms with E-state index in [0.717, 1.165) is 11.1 Å². The van der Waals surface area contributed by atoms with Crippen molar-refractivity contribution in [2.45, 2.75) is 26.2 Å². The van der Waals surface area contributed by atoms with Crippen molar-refractivity contribution in [1.29, 1.82) is 0 Å². The third kappa shape index (κ3) is 4.06. The van der Waals surface area contributed by atoms with Crippen molar-refractivity contribution in [3.8, 4) is 11.4 Å². The summed E-state index contributed by atoms with van der Waals surface area (Å²) in [6.45, 7) is 6.54. The summed E-state index contributed by atoms with van der Waals surface area (Å²) >= 11 is 17.3. The van der Waals surface area contributed by atoms with E-state index in [2.05, 4.69) is 48.2 Å². The van der Waals surface area contributed by atoms with E-state index < -0.39 is 0 Å². The molecule has 4 nitrogen and oxygen atoms in total. The van der Waals surface area contributed by atoms with Gasteiger partial charge in [0.1, 0.15) is 0 Å². The molecule has 1 heterocycles. The third-order valence-corrected chi connectivity index (χ3v) is 4.93. The number of H-pyrrole nitrogens is 1. The smallest absolute Gasteiger partial charge is 0.216 e. The van der Waals surface area contributed by atoms with Gasteiger partial charge in [-0.3, -0.25) is 0 Å². The molecule has 0 aliphatic rings. The fraction of sp³-hybridized carbons (Fsp3) is 0.211. The Labute approximate surface area is 167 Å². The Balaban J connectivity index is 1.95. The minimum absolute atomic E-state index is 0.0925. The van der Waals surface area contributed by atoms with Gasteiger partial charge in [-0.15, -0.1) is 0 Å². The Morgan fingerprint density at radius 3 is 2.38 bits per heavy atom. The van der Waals surface area contributed by atoms with Crippen LogP contribution < -0.4 is 0 Å². The summed E-state index contributed by atoms with van der Waals surface area (Å²) in [7, 11) is 0. The standard InChI is InChI=1S/C19H18Cl2N4S/c1-19(2,3)14-7-5-13(6-8-14)17-23-24-18(26)25(17)22-11-12-4-9-15(20)16(21)10-12/h4-11H,1-3H3,(H,24,26)/b22-11+. The Hall–Kier alpha value is -1.95. The minimum Gasteiger partial charge on any atom is -0.250 e. The first-order chi connectivity index (χ1) is 12.3. The molecule has 0 spiro atoms. The van der Waals surface area contributed by atoms with Crippen LogP contribution in [-0.4, -0.2) is 21.1 Å². The summed E-state index contributed by atoms with van der Waals surface area (Å²) < 4.78 is 2.00. The van der Waals surface area contributed by atoms with Crippen molar-refractivity contribution < 1.29 is 0 Å². The molecule has 0 unspecified atom stereocenters. The zero-order chi connectivity index (χ0) is 18.9. The molecule has 2 aromatic carbocycles. The molecule has 0 atom stereocenters. The van der Waals surface area contributed by atoms with Gasteiger partial charge in [-0.05, 0) is 40.9 Å². The van der Waals surface area contributed by atoms with Gasteiger partial charge < -0.3 is 0 Å². The van der Waals surface area contributed by atoms with Crippen LogP contribution in [0.1, 0.15) is 31.9 Å². The molecule has 3 rings (SSSR count). The van der Waals surface area contributed by atoms with Crippen LogP contribution in [0.25, 0.3) is 11.4 Å². The molecule has 1 aromatic heterocycles. The van der Waals surface area contributed by atoms with Crippen molar-refractivity contribution in [2.24, 2.45) is 5.10 Å². The lowest BCUT2D eigenvalue weighted by atomic mass is 9.87. The molecular formula is C19H18Cl2N4S. The topological polar surface area (TPSA) is 46.0 Å². The second kappa shape index (κ2) is 7.35. The van der Waals surface area contributed by atoms with Crippen LogP contribution in [0.3, 0.4) is 0 Å². The number of halogens is 2. The number of rotatable bonds is 3. The summed E-state index contributed by atoms with van der Waals surface area (Å²) in [6, 6.07) is 13.5. The fourth-order valence-electron chi connectivity index (χ4n) is 2.42. The number of nitrogens with zero attached hydrogens (tertiary/aromatic N) is 3. The predicted molar refractivity (Wildman–Crippen MR) is 111 cm³/mol. The lowest BCUT2D eigenvalue weighted by Crippen LogP contribution is -2.10. The fourth-order valence-corrected chi connectivity index (χ4v) is 2.91. The van der Waals surface area contributed by atoms with Crippen LogP contribution in [0.2, 0.25) is 10.0 Å². The Morgan fingerprint density at radius 2 is 1.77 bits per heavy atom. The maximum absolute atomic E-state index is 6.04. The van der Waals surface area contributed by atoms with Crippen molar-refractivity contribution in [1.82, 2.24) is 14.9 Å². The van der Waals surface area contributed by atoms with Crippen LogP contribution in [0, 0.1) is 4.77 Å². The number of aromatic amines is 1. The van der Waals surface area contributed by atoms with Gasteiger partial charge in [0.2, 0.25) is 4.77 Å². The molecule has 0 amide bonds. The summed E-state index contributed by atoms with van der Waals surface area (Å²) in [5.74, 6) is 0.645. The summed E-state index contributed by atoms with van der Waals surface area (Å²) in [4.78, 5) is 0. The number of benzene rings is 2. The van der Waals surface area contributed by atoms with Crippen LogP contribution in [0.5, 0.6) is 0 Å². The van der Waals surface area contributed by atoms with Crippen LogP contribution in [0.4, 0.5) is 0 Å². The van der Waals surface area contributed by atoms with Gasteiger partial charge in [0.15, 0.2) is 5.82 Å². The molecule has 0 aliphatic heterocycles. The normalized spacial score (nSPS) is 12.0. The SMILES string of the molecule is CC(C)(C)c1ccc(-c2n[nH]c(=S)n2/N=C/c2ccc(Cl)c(Cl)c2)cc1. The third-order valence-electron chi connectivity index (χ3n) is 3.93. The number of hydrogen-bond acceptors (Lipinski definition) is 3. The highest BCUT2D eigenvalue weighted by atomic mass is 35.5. The van der Waals surface area contributed by atoms with Gasteiger partial charge in [-0.2, -0.15) is 14.9 Å². The van der Waals surface area contributed by atoms with Gasteiger partial charge in [0.05, 0.1) is 16.3 Å². The molecule has 7 heteroatoms. The average molecular weight is 405 g/mol. The molecule has 0 radical (unpaired) electrons. The summed E-state index contributed by atoms with van der Waals surface area (Å²) in [5, 5.41) is 12.5. The van der Waals surface area contributed by atoms with Crippen LogP contribution in [-0.2, 0) is 5.41 Å². The second-order valence-electron chi connectivity index (χ2n) is 6.91. The van der Waals surface area contributed by atoms with E-state index in [1.165, 1.54) is 5.56 Å². The zero-order valence-electron chi connectivity index (χ0n) is 14.6. The molecule has 134 valence electrons. The van der Waals surface area contributed by atoms with Gasteiger partial charge in [-0.25, -0.2) is 5.10 Å². The summed E-state index contributed by atoms with van der Waals surface area (Å²) in [6.07, 6.45) is 1.67. The monoisotopic (exact) mass is 404 g/mol. The van der Waals surface area contributed by atoms with Gasteiger partial charge in [-0.1, -0.05) is 74.3 Å². The Bertz CT molecular complexity index is 1010. The van der Waals surface area contributed by atoms with Gasteiger partial charge in [0.25, 0.3) is 0 Å². The van der Waals surface area contributed by atoms with Crippen molar-refractivity contribution in [3.63, 3.8) is 0 Å². The van der Waals surface area contributed by atoms with E-state index in [4.69, 9.17) is 35.4 Å². The first-order valence-corrected chi connectivity index (χ1v) is 9.20. The Kier molecular flexibility index (Phi) is 5.32. The summed E-state index contributed by atoms with van der Waals surface area (Å²) in [5.41, 5.74) is 3.09. The van der Waals surface area contributed by atoms with E-state index >= 15 is 0 Å². The van der Waals surface area contributed by atoms with E-state index in [1.54, 1.807) is 23.0 Å². The molecule has 0 aliphatic carbocycles. The van der Waals surface area contributed by atoms with Crippen LogP contribution in [0.15, 0.2) is 47.6 Å². The zero-order valence-corrected chi connectivity index (χ0v) is 17.0. The number of hydrogen-bond donors (Lipinski definition) is 1.